The van der Waals surface area contributed by atoms with Gasteiger partial charge in [-0.2, -0.15) is 0 Å². The first-order valence-electron chi connectivity index (χ1n) is 7.13. The SMILES string of the molecule is NCc1nc(C(=O)C2CCOC3(CCOCC3)C2)cs1. The first-order valence-corrected chi connectivity index (χ1v) is 8.01. The summed E-state index contributed by atoms with van der Waals surface area (Å²) in [6.45, 7) is 2.52. The summed E-state index contributed by atoms with van der Waals surface area (Å²) in [5.74, 6) is 0.171. The van der Waals surface area contributed by atoms with Crippen LogP contribution in [0.25, 0.3) is 0 Å². The maximum absolute atomic E-state index is 12.6. The van der Waals surface area contributed by atoms with Crippen LogP contribution >= 0.6 is 11.3 Å². The Hall–Kier alpha value is -0.820. The van der Waals surface area contributed by atoms with Crippen LogP contribution in [-0.2, 0) is 16.0 Å². The van der Waals surface area contributed by atoms with E-state index < -0.39 is 0 Å². The molecule has 1 aromatic heterocycles. The maximum Gasteiger partial charge on any atom is 0.185 e. The van der Waals surface area contributed by atoms with Gasteiger partial charge in [0, 0.05) is 37.7 Å². The third-order valence-electron chi connectivity index (χ3n) is 4.25. The van der Waals surface area contributed by atoms with Crippen molar-refractivity contribution in [3.8, 4) is 0 Å². The molecular formula is C14H20N2O3S. The first-order chi connectivity index (χ1) is 9.72. The molecule has 1 spiro atoms. The summed E-state index contributed by atoms with van der Waals surface area (Å²) in [5, 5.41) is 2.65. The van der Waals surface area contributed by atoms with E-state index in [1.54, 1.807) is 0 Å². The van der Waals surface area contributed by atoms with Crippen molar-refractivity contribution in [2.24, 2.45) is 11.7 Å². The van der Waals surface area contributed by atoms with E-state index in [4.69, 9.17) is 15.2 Å². The molecule has 1 unspecified atom stereocenters. The van der Waals surface area contributed by atoms with E-state index in [1.807, 2.05) is 5.38 Å². The summed E-state index contributed by atoms with van der Waals surface area (Å²) in [7, 11) is 0. The molecule has 0 aromatic carbocycles. The highest BCUT2D eigenvalue weighted by atomic mass is 32.1. The van der Waals surface area contributed by atoms with E-state index in [-0.39, 0.29) is 17.3 Å². The molecule has 2 N–H and O–H groups in total. The molecule has 3 heterocycles. The van der Waals surface area contributed by atoms with E-state index in [2.05, 4.69) is 4.98 Å². The number of thiazole rings is 1. The third-order valence-corrected chi connectivity index (χ3v) is 5.12. The quantitative estimate of drug-likeness (QED) is 0.860. The van der Waals surface area contributed by atoms with Crippen LogP contribution in [-0.4, -0.2) is 36.2 Å². The number of hydrogen-bond acceptors (Lipinski definition) is 6. The first kappa shape index (κ1) is 14.1. The number of carbonyl (C=O) groups is 1. The molecule has 0 bridgehead atoms. The lowest BCUT2D eigenvalue weighted by atomic mass is 9.78. The van der Waals surface area contributed by atoms with Gasteiger partial charge in [-0.3, -0.25) is 4.79 Å². The Morgan fingerprint density at radius 1 is 1.45 bits per heavy atom. The fraction of sp³-hybridized carbons (Fsp3) is 0.714. The zero-order chi connectivity index (χ0) is 14.0. The molecular weight excluding hydrogens is 276 g/mol. The highest BCUT2D eigenvalue weighted by Gasteiger charge is 2.41. The van der Waals surface area contributed by atoms with Crippen LogP contribution in [0.1, 0.15) is 41.2 Å². The summed E-state index contributed by atoms with van der Waals surface area (Å²) in [4.78, 5) is 16.9. The number of ether oxygens (including phenoxy) is 2. The highest BCUT2D eigenvalue weighted by Crippen LogP contribution is 2.38. The van der Waals surface area contributed by atoms with Crippen molar-refractivity contribution in [3.05, 3.63) is 16.1 Å². The van der Waals surface area contributed by atoms with Crippen LogP contribution in [0.3, 0.4) is 0 Å². The van der Waals surface area contributed by atoms with Gasteiger partial charge >= 0.3 is 0 Å². The molecule has 110 valence electrons. The molecule has 2 saturated heterocycles. The van der Waals surface area contributed by atoms with Gasteiger partial charge in [0.2, 0.25) is 0 Å². The number of nitrogens with two attached hydrogens (primary N) is 1. The molecule has 2 aliphatic heterocycles. The molecule has 1 atom stereocenters. The van der Waals surface area contributed by atoms with Crippen molar-refractivity contribution >= 4 is 17.1 Å². The maximum atomic E-state index is 12.6. The average molecular weight is 296 g/mol. The molecule has 1 aromatic rings. The van der Waals surface area contributed by atoms with Gasteiger partial charge in [-0.25, -0.2) is 4.98 Å². The zero-order valence-electron chi connectivity index (χ0n) is 11.5. The van der Waals surface area contributed by atoms with Crippen molar-refractivity contribution in [1.82, 2.24) is 4.98 Å². The molecule has 0 saturated carbocycles. The number of carbonyl (C=O) groups excluding carboxylic acids is 1. The Balaban J connectivity index is 1.71. The average Bonchev–Trinajstić information content (AvgIpc) is 2.96. The Bertz CT molecular complexity index is 477. The Morgan fingerprint density at radius 2 is 2.25 bits per heavy atom. The van der Waals surface area contributed by atoms with Crippen LogP contribution in [0.4, 0.5) is 0 Å². The predicted molar refractivity (Wildman–Crippen MR) is 75.8 cm³/mol. The fourth-order valence-electron chi connectivity index (χ4n) is 3.07. The summed E-state index contributed by atoms with van der Waals surface area (Å²) < 4.78 is 11.4. The third kappa shape index (κ3) is 2.79. The normalized spacial score (nSPS) is 25.8. The molecule has 0 radical (unpaired) electrons. The lowest BCUT2D eigenvalue weighted by molar-refractivity contribution is -0.142. The summed E-state index contributed by atoms with van der Waals surface area (Å²) in [5.41, 5.74) is 5.98. The van der Waals surface area contributed by atoms with Gasteiger partial charge in [0.05, 0.1) is 5.60 Å². The van der Waals surface area contributed by atoms with Gasteiger partial charge in [0.15, 0.2) is 5.78 Å². The minimum Gasteiger partial charge on any atom is -0.381 e. The number of aromatic nitrogens is 1. The highest BCUT2D eigenvalue weighted by molar-refractivity contribution is 7.09. The molecule has 20 heavy (non-hydrogen) atoms. The summed E-state index contributed by atoms with van der Waals surface area (Å²) in [6, 6.07) is 0. The Morgan fingerprint density at radius 3 is 2.95 bits per heavy atom. The second-order valence-corrected chi connectivity index (χ2v) is 6.47. The van der Waals surface area contributed by atoms with Crippen molar-refractivity contribution in [3.63, 3.8) is 0 Å². The van der Waals surface area contributed by atoms with Gasteiger partial charge in [-0.15, -0.1) is 11.3 Å². The predicted octanol–water partition coefficient (Wildman–Crippen LogP) is 1.76. The molecule has 2 fully saturated rings. The van der Waals surface area contributed by atoms with E-state index >= 15 is 0 Å². The van der Waals surface area contributed by atoms with Crippen molar-refractivity contribution in [1.29, 1.82) is 0 Å². The van der Waals surface area contributed by atoms with Crippen LogP contribution in [0, 0.1) is 5.92 Å². The molecule has 5 nitrogen and oxygen atoms in total. The van der Waals surface area contributed by atoms with Crippen LogP contribution in [0.5, 0.6) is 0 Å². The smallest absolute Gasteiger partial charge is 0.185 e. The number of rotatable bonds is 3. The Kier molecular flexibility index (Phi) is 4.16. The van der Waals surface area contributed by atoms with Gasteiger partial charge in [-0.1, -0.05) is 0 Å². The van der Waals surface area contributed by atoms with E-state index in [9.17, 15) is 4.79 Å². The number of nitrogens with zero attached hydrogens (tertiary/aromatic N) is 1. The van der Waals surface area contributed by atoms with E-state index in [0.717, 1.165) is 43.9 Å². The van der Waals surface area contributed by atoms with Crippen molar-refractivity contribution in [2.45, 2.75) is 37.8 Å². The van der Waals surface area contributed by atoms with Crippen LogP contribution in [0.2, 0.25) is 0 Å². The molecule has 6 heteroatoms. The molecule has 0 amide bonds. The Labute approximate surface area is 122 Å². The van der Waals surface area contributed by atoms with Crippen molar-refractivity contribution < 1.29 is 14.3 Å². The minimum absolute atomic E-state index is 0.0228. The van der Waals surface area contributed by atoms with Gasteiger partial charge in [0.25, 0.3) is 0 Å². The largest absolute Gasteiger partial charge is 0.381 e. The molecule has 2 aliphatic rings. The summed E-state index contributed by atoms with van der Waals surface area (Å²) >= 11 is 1.46. The molecule has 0 aliphatic carbocycles. The number of Topliss-reactive ketones (excluding diaryl/α,β-unsaturated/α-hetero) is 1. The fourth-order valence-corrected chi connectivity index (χ4v) is 3.73. The second kappa shape index (κ2) is 5.89. The van der Waals surface area contributed by atoms with Gasteiger partial charge in [-0.05, 0) is 25.7 Å². The van der Waals surface area contributed by atoms with Crippen molar-refractivity contribution in [2.75, 3.05) is 19.8 Å². The van der Waals surface area contributed by atoms with E-state index in [1.165, 1.54) is 11.3 Å². The number of ketones is 1. The van der Waals surface area contributed by atoms with Gasteiger partial charge < -0.3 is 15.2 Å². The monoisotopic (exact) mass is 296 g/mol. The lowest BCUT2D eigenvalue weighted by Gasteiger charge is -2.42. The second-order valence-electron chi connectivity index (χ2n) is 5.53. The zero-order valence-corrected chi connectivity index (χ0v) is 12.3. The summed E-state index contributed by atoms with van der Waals surface area (Å²) in [6.07, 6.45) is 3.37. The van der Waals surface area contributed by atoms with Crippen LogP contribution < -0.4 is 5.73 Å². The van der Waals surface area contributed by atoms with Gasteiger partial charge in [0.1, 0.15) is 10.7 Å². The molecule has 3 rings (SSSR count). The standard InChI is InChI=1S/C14H20N2O3S/c15-8-12-16-11(9-20-12)13(17)10-1-4-19-14(7-10)2-5-18-6-3-14/h9-10H,1-8,15H2. The lowest BCUT2D eigenvalue weighted by Crippen LogP contribution is -2.45. The minimum atomic E-state index is -0.149. The topological polar surface area (TPSA) is 74.4 Å². The van der Waals surface area contributed by atoms with E-state index in [0.29, 0.717) is 18.8 Å². The number of hydrogen-bond donors (Lipinski definition) is 1. The van der Waals surface area contributed by atoms with Crippen LogP contribution in [0.15, 0.2) is 5.38 Å².